The van der Waals surface area contributed by atoms with E-state index in [4.69, 9.17) is 4.74 Å². The summed E-state index contributed by atoms with van der Waals surface area (Å²) in [4.78, 5) is 6.83. The van der Waals surface area contributed by atoms with E-state index < -0.39 is 0 Å². The van der Waals surface area contributed by atoms with Crippen molar-refractivity contribution in [3.8, 4) is 0 Å². The van der Waals surface area contributed by atoms with Crippen LogP contribution >= 0.6 is 27.3 Å². The van der Waals surface area contributed by atoms with Gasteiger partial charge in [-0.05, 0) is 28.8 Å². The van der Waals surface area contributed by atoms with E-state index in [2.05, 4.69) is 39.7 Å². The molecular formula is C11H19BrN2OS. The van der Waals surface area contributed by atoms with Gasteiger partial charge in [-0.25, -0.2) is 4.98 Å². The average Bonchev–Trinajstić information content (AvgIpc) is 2.71. The number of thiazole rings is 1. The van der Waals surface area contributed by atoms with Crippen molar-refractivity contribution in [3.05, 3.63) is 9.98 Å². The minimum Gasteiger partial charge on any atom is -0.383 e. The number of anilines is 1. The Kier molecular flexibility index (Phi) is 6.31. The van der Waals surface area contributed by atoms with E-state index in [0.717, 1.165) is 35.7 Å². The topological polar surface area (TPSA) is 25.4 Å². The summed E-state index contributed by atoms with van der Waals surface area (Å²) in [6.45, 7) is 6.09. The van der Waals surface area contributed by atoms with Gasteiger partial charge in [0.1, 0.15) is 4.60 Å². The molecule has 1 aromatic heterocycles. The number of hydrogen-bond donors (Lipinski definition) is 0. The molecular weight excluding hydrogens is 288 g/mol. The Morgan fingerprint density at radius 3 is 2.62 bits per heavy atom. The van der Waals surface area contributed by atoms with Gasteiger partial charge in [-0.2, -0.15) is 0 Å². The molecule has 0 aliphatic rings. The number of ether oxygens (including phenoxy) is 1. The highest BCUT2D eigenvalue weighted by Crippen LogP contribution is 2.26. The number of halogens is 1. The summed E-state index contributed by atoms with van der Waals surface area (Å²) in [5.74, 6) is 0. The monoisotopic (exact) mass is 306 g/mol. The predicted molar refractivity (Wildman–Crippen MR) is 73.4 cm³/mol. The smallest absolute Gasteiger partial charge is 0.186 e. The van der Waals surface area contributed by atoms with Crippen molar-refractivity contribution in [2.45, 2.75) is 32.7 Å². The van der Waals surface area contributed by atoms with E-state index in [0.29, 0.717) is 6.04 Å². The highest BCUT2D eigenvalue weighted by Gasteiger charge is 2.18. The van der Waals surface area contributed by atoms with Crippen LogP contribution in [0.1, 0.15) is 26.7 Å². The van der Waals surface area contributed by atoms with Crippen molar-refractivity contribution in [3.63, 3.8) is 0 Å². The fourth-order valence-corrected chi connectivity index (χ4v) is 3.08. The molecule has 0 saturated carbocycles. The van der Waals surface area contributed by atoms with Gasteiger partial charge in [0.05, 0.1) is 6.61 Å². The minimum absolute atomic E-state index is 0.549. The third-order valence-electron chi connectivity index (χ3n) is 2.63. The first kappa shape index (κ1) is 13.9. The SMILES string of the molecule is CCC(CC)N(CCOC)c1nc(Br)cs1. The standard InChI is InChI=1S/C11H19BrN2OS/c1-4-9(5-2)14(6-7-15-3)11-13-10(12)8-16-11/h8-9H,4-7H2,1-3H3. The van der Waals surface area contributed by atoms with Crippen LogP contribution in [0.4, 0.5) is 5.13 Å². The fraction of sp³-hybridized carbons (Fsp3) is 0.727. The lowest BCUT2D eigenvalue weighted by Crippen LogP contribution is -2.37. The zero-order valence-electron chi connectivity index (χ0n) is 10.1. The Labute approximate surface area is 110 Å². The zero-order valence-corrected chi connectivity index (χ0v) is 12.5. The van der Waals surface area contributed by atoms with Crippen LogP contribution in [0.5, 0.6) is 0 Å². The first-order chi connectivity index (χ1) is 7.72. The van der Waals surface area contributed by atoms with Crippen LogP contribution in [-0.2, 0) is 4.74 Å². The Balaban J connectivity index is 2.77. The Hall–Kier alpha value is -0.130. The quantitative estimate of drug-likeness (QED) is 0.770. The lowest BCUT2D eigenvalue weighted by molar-refractivity contribution is 0.202. The summed E-state index contributed by atoms with van der Waals surface area (Å²) in [6, 6.07) is 0.549. The molecule has 0 fully saturated rings. The molecule has 16 heavy (non-hydrogen) atoms. The van der Waals surface area contributed by atoms with Crippen LogP contribution in [0, 0.1) is 0 Å². The largest absolute Gasteiger partial charge is 0.383 e. The number of rotatable bonds is 7. The second-order valence-corrected chi connectivity index (χ2v) is 5.26. The lowest BCUT2D eigenvalue weighted by atomic mass is 10.1. The van der Waals surface area contributed by atoms with Gasteiger partial charge in [0.15, 0.2) is 5.13 Å². The molecule has 0 saturated heterocycles. The maximum Gasteiger partial charge on any atom is 0.186 e. The van der Waals surface area contributed by atoms with E-state index >= 15 is 0 Å². The first-order valence-corrected chi connectivity index (χ1v) is 7.26. The second kappa shape index (κ2) is 7.25. The summed E-state index contributed by atoms with van der Waals surface area (Å²) in [5, 5.41) is 3.11. The Bertz CT molecular complexity index is 302. The molecule has 1 aromatic rings. The summed E-state index contributed by atoms with van der Waals surface area (Å²) in [6.07, 6.45) is 2.27. The van der Waals surface area contributed by atoms with Crippen molar-refractivity contribution >= 4 is 32.4 Å². The molecule has 1 rings (SSSR count). The molecule has 0 N–H and O–H groups in total. The molecule has 3 nitrogen and oxygen atoms in total. The summed E-state index contributed by atoms with van der Waals surface area (Å²) in [5.41, 5.74) is 0. The molecule has 0 atom stereocenters. The van der Waals surface area contributed by atoms with Crippen molar-refractivity contribution in [1.82, 2.24) is 4.98 Å². The number of nitrogens with zero attached hydrogens (tertiary/aromatic N) is 2. The normalized spacial score (nSPS) is 11.1. The minimum atomic E-state index is 0.549. The molecule has 0 unspecified atom stereocenters. The predicted octanol–water partition coefficient (Wildman–Crippen LogP) is 3.55. The maximum absolute atomic E-state index is 5.16. The van der Waals surface area contributed by atoms with Gasteiger partial charge in [0, 0.05) is 25.1 Å². The van der Waals surface area contributed by atoms with Crippen molar-refractivity contribution < 1.29 is 4.74 Å². The lowest BCUT2D eigenvalue weighted by Gasteiger charge is -2.29. The van der Waals surface area contributed by atoms with Crippen molar-refractivity contribution in [1.29, 1.82) is 0 Å². The molecule has 0 amide bonds. The Morgan fingerprint density at radius 1 is 1.50 bits per heavy atom. The number of methoxy groups -OCH3 is 1. The zero-order chi connectivity index (χ0) is 12.0. The first-order valence-electron chi connectivity index (χ1n) is 5.59. The molecule has 0 aromatic carbocycles. The van der Waals surface area contributed by atoms with Crippen LogP contribution in [-0.4, -0.2) is 31.3 Å². The molecule has 5 heteroatoms. The maximum atomic E-state index is 5.16. The van der Waals surface area contributed by atoms with E-state index in [1.807, 2.05) is 5.38 Å². The number of hydrogen-bond acceptors (Lipinski definition) is 4. The van der Waals surface area contributed by atoms with Crippen molar-refractivity contribution in [2.75, 3.05) is 25.2 Å². The molecule has 0 spiro atoms. The molecule has 0 bridgehead atoms. The van der Waals surface area contributed by atoms with E-state index in [-0.39, 0.29) is 0 Å². The average molecular weight is 307 g/mol. The fourth-order valence-electron chi connectivity index (χ4n) is 1.73. The van der Waals surface area contributed by atoms with Crippen molar-refractivity contribution in [2.24, 2.45) is 0 Å². The van der Waals surface area contributed by atoms with Crippen LogP contribution in [0.3, 0.4) is 0 Å². The van der Waals surface area contributed by atoms with Gasteiger partial charge in [-0.15, -0.1) is 11.3 Å². The van der Waals surface area contributed by atoms with E-state index in [1.165, 1.54) is 0 Å². The highest BCUT2D eigenvalue weighted by atomic mass is 79.9. The molecule has 1 heterocycles. The van der Waals surface area contributed by atoms with Crippen LogP contribution < -0.4 is 4.90 Å². The van der Waals surface area contributed by atoms with Gasteiger partial charge in [0.2, 0.25) is 0 Å². The van der Waals surface area contributed by atoms with Gasteiger partial charge >= 0.3 is 0 Å². The van der Waals surface area contributed by atoms with Gasteiger partial charge in [0.25, 0.3) is 0 Å². The molecule has 92 valence electrons. The number of aromatic nitrogens is 1. The highest BCUT2D eigenvalue weighted by molar-refractivity contribution is 9.10. The second-order valence-electron chi connectivity index (χ2n) is 3.61. The van der Waals surface area contributed by atoms with E-state index in [1.54, 1.807) is 18.4 Å². The Morgan fingerprint density at radius 2 is 2.19 bits per heavy atom. The molecule has 0 aliphatic carbocycles. The molecule has 0 radical (unpaired) electrons. The van der Waals surface area contributed by atoms with E-state index in [9.17, 15) is 0 Å². The molecule has 0 aliphatic heterocycles. The van der Waals surface area contributed by atoms with Gasteiger partial charge in [-0.1, -0.05) is 13.8 Å². The summed E-state index contributed by atoms with van der Waals surface area (Å²) in [7, 11) is 1.74. The van der Waals surface area contributed by atoms with Crippen LogP contribution in [0.15, 0.2) is 9.98 Å². The third kappa shape index (κ3) is 3.71. The summed E-state index contributed by atoms with van der Waals surface area (Å²) < 4.78 is 6.08. The van der Waals surface area contributed by atoms with Crippen LogP contribution in [0.25, 0.3) is 0 Å². The summed E-state index contributed by atoms with van der Waals surface area (Å²) >= 11 is 5.08. The van der Waals surface area contributed by atoms with Gasteiger partial charge in [-0.3, -0.25) is 0 Å². The van der Waals surface area contributed by atoms with Gasteiger partial charge < -0.3 is 9.64 Å². The third-order valence-corrected chi connectivity index (χ3v) is 4.22. The van der Waals surface area contributed by atoms with Crippen LogP contribution in [0.2, 0.25) is 0 Å².